The minimum atomic E-state index is -0.780. The number of fused-ring (bicyclic) bond motifs is 1. The highest BCUT2D eigenvalue weighted by atomic mass is 32.2. The van der Waals surface area contributed by atoms with E-state index in [-0.39, 0.29) is 0 Å². The van der Waals surface area contributed by atoms with Crippen LogP contribution in [0.3, 0.4) is 0 Å². The number of thioether (sulfide) groups is 1. The number of aromatic nitrogens is 3. The molecule has 1 atom stereocenters. The van der Waals surface area contributed by atoms with Crippen LogP contribution in [0.4, 0.5) is 11.6 Å². The molecule has 1 unspecified atom stereocenters. The molecule has 2 aromatic rings. The minimum absolute atomic E-state index is 0.431. The summed E-state index contributed by atoms with van der Waals surface area (Å²) in [6, 6.07) is 0. The molecule has 0 spiro atoms. The van der Waals surface area contributed by atoms with Crippen LogP contribution in [0, 0.1) is 0 Å². The molecule has 0 bridgehead atoms. The molecular weight excluding hydrogens is 286 g/mol. The molecule has 2 rings (SSSR count). The van der Waals surface area contributed by atoms with Crippen LogP contribution < -0.4 is 10.6 Å². The van der Waals surface area contributed by atoms with Gasteiger partial charge in [-0.15, -0.1) is 0 Å². The number of imidazole rings is 1. The van der Waals surface area contributed by atoms with E-state index in [1.54, 1.807) is 18.0 Å². The summed E-state index contributed by atoms with van der Waals surface area (Å²) in [6.07, 6.45) is 8.57. The second-order valence-corrected chi connectivity index (χ2v) is 6.21. The fraction of sp³-hybridized carbons (Fsp3) is 0.571. The standard InChI is InChI=1S/C14H23N5OS/c1-4-5-15-11-8-19-7-6-16-13(19)12(18-11)17-9-14(2,20)10-21-3/h6-8,15,20H,4-5,9-10H2,1-3H3,(H,17,18). The van der Waals surface area contributed by atoms with E-state index in [1.165, 1.54) is 0 Å². The summed E-state index contributed by atoms with van der Waals surface area (Å²) in [5.41, 5.74) is -0.0191. The van der Waals surface area contributed by atoms with Crippen LogP contribution in [0.5, 0.6) is 0 Å². The zero-order valence-electron chi connectivity index (χ0n) is 12.8. The van der Waals surface area contributed by atoms with Crippen LogP contribution in [-0.4, -0.2) is 50.2 Å². The Balaban J connectivity index is 2.18. The Bertz CT molecular complexity index is 584. The van der Waals surface area contributed by atoms with Crippen LogP contribution in [0.15, 0.2) is 18.6 Å². The lowest BCUT2D eigenvalue weighted by Crippen LogP contribution is -2.36. The van der Waals surface area contributed by atoms with Crippen molar-refractivity contribution in [2.45, 2.75) is 25.9 Å². The normalized spacial score (nSPS) is 14.1. The van der Waals surface area contributed by atoms with Crippen molar-refractivity contribution in [3.8, 4) is 0 Å². The Morgan fingerprint density at radius 1 is 1.43 bits per heavy atom. The van der Waals surface area contributed by atoms with Crippen LogP contribution in [0.2, 0.25) is 0 Å². The number of hydrogen-bond acceptors (Lipinski definition) is 6. The van der Waals surface area contributed by atoms with E-state index < -0.39 is 5.60 Å². The van der Waals surface area contributed by atoms with Gasteiger partial charge in [0.1, 0.15) is 5.82 Å². The number of aliphatic hydroxyl groups is 1. The van der Waals surface area contributed by atoms with Crippen molar-refractivity contribution in [2.75, 3.05) is 35.7 Å². The molecular formula is C14H23N5OS. The van der Waals surface area contributed by atoms with Crippen LogP contribution in [0.25, 0.3) is 5.65 Å². The second kappa shape index (κ2) is 7.00. The molecule has 6 nitrogen and oxygen atoms in total. The molecule has 3 N–H and O–H groups in total. The summed E-state index contributed by atoms with van der Waals surface area (Å²) in [4.78, 5) is 8.86. The Labute approximate surface area is 129 Å². The number of anilines is 2. The summed E-state index contributed by atoms with van der Waals surface area (Å²) < 4.78 is 1.93. The molecule has 0 saturated carbocycles. The van der Waals surface area contributed by atoms with Crippen LogP contribution >= 0.6 is 11.8 Å². The molecule has 21 heavy (non-hydrogen) atoms. The Morgan fingerprint density at radius 3 is 2.95 bits per heavy atom. The average molecular weight is 309 g/mol. The third-order valence-electron chi connectivity index (χ3n) is 3.02. The van der Waals surface area contributed by atoms with E-state index in [2.05, 4.69) is 27.5 Å². The van der Waals surface area contributed by atoms with Gasteiger partial charge in [-0.2, -0.15) is 11.8 Å². The highest BCUT2D eigenvalue weighted by molar-refractivity contribution is 7.98. The van der Waals surface area contributed by atoms with Crippen molar-refractivity contribution in [3.05, 3.63) is 18.6 Å². The van der Waals surface area contributed by atoms with Gasteiger partial charge in [-0.1, -0.05) is 6.92 Å². The van der Waals surface area contributed by atoms with Gasteiger partial charge in [0.25, 0.3) is 0 Å². The van der Waals surface area contributed by atoms with E-state index in [0.29, 0.717) is 18.1 Å². The van der Waals surface area contributed by atoms with E-state index in [0.717, 1.165) is 24.4 Å². The second-order valence-electron chi connectivity index (χ2n) is 5.34. The predicted octanol–water partition coefficient (Wildman–Crippen LogP) is 2.08. The van der Waals surface area contributed by atoms with Crippen molar-refractivity contribution in [1.82, 2.24) is 14.4 Å². The fourth-order valence-corrected chi connectivity index (χ4v) is 2.75. The fourth-order valence-electron chi connectivity index (χ4n) is 2.02. The molecule has 0 saturated heterocycles. The molecule has 0 aromatic carbocycles. The van der Waals surface area contributed by atoms with Gasteiger partial charge in [0.15, 0.2) is 11.5 Å². The Kier molecular flexibility index (Phi) is 5.30. The highest BCUT2D eigenvalue weighted by Gasteiger charge is 2.20. The van der Waals surface area contributed by atoms with Gasteiger partial charge in [0.05, 0.1) is 11.8 Å². The third kappa shape index (κ3) is 4.25. The Hall–Kier alpha value is -1.47. The van der Waals surface area contributed by atoms with Crippen molar-refractivity contribution < 1.29 is 5.11 Å². The van der Waals surface area contributed by atoms with Gasteiger partial charge < -0.3 is 20.1 Å². The first kappa shape index (κ1) is 15.9. The van der Waals surface area contributed by atoms with Gasteiger partial charge in [-0.3, -0.25) is 0 Å². The lowest BCUT2D eigenvalue weighted by atomic mass is 10.1. The summed E-state index contributed by atoms with van der Waals surface area (Å²) in [5.74, 6) is 2.15. The predicted molar refractivity (Wildman–Crippen MR) is 89.3 cm³/mol. The highest BCUT2D eigenvalue weighted by Crippen LogP contribution is 2.18. The number of nitrogens with zero attached hydrogens (tertiary/aromatic N) is 3. The molecule has 0 radical (unpaired) electrons. The van der Waals surface area contributed by atoms with Gasteiger partial charge in [-0.05, 0) is 19.6 Å². The number of hydrogen-bond donors (Lipinski definition) is 3. The van der Waals surface area contributed by atoms with E-state index in [4.69, 9.17) is 0 Å². The third-order valence-corrected chi connectivity index (χ3v) is 3.93. The van der Waals surface area contributed by atoms with Crippen molar-refractivity contribution in [2.24, 2.45) is 0 Å². The van der Waals surface area contributed by atoms with Gasteiger partial charge in [-0.25, -0.2) is 9.97 Å². The minimum Gasteiger partial charge on any atom is -0.387 e. The molecule has 116 valence electrons. The first-order valence-corrected chi connectivity index (χ1v) is 8.48. The largest absolute Gasteiger partial charge is 0.387 e. The molecule has 2 heterocycles. The SMILES string of the molecule is CCCNc1cn2ccnc2c(NCC(C)(O)CSC)n1. The van der Waals surface area contributed by atoms with Gasteiger partial charge in [0, 0.05) is 31.2 Å². The van der Waals surface area contributed by atoms with Crippen LogP contribution in [-0.2, 0) is 0 Å². The topological polar surface area (TPSA) is 74.5 Å². The zero-order valence-corrected chi connectivity index (χ0v) is 13.6. The molecule has 0 fully saturated rings. The van der Waals surface area contributed by atoms with Gasteiger partial charge in [0.2, 0.25) is 0 Å². The molecule has 0 aliphatic rings. The van der Waals surface area contributed by atoms with Gasteiger partial charge >= 0.3 is 0 Å². The van der Waals surface area contributed by atoms with Crippen LogP contribution in [0.1, 0.15) is 20.3 Å². The van der Waals surface area contributed by atoms with Crippen molar-refractivity contribution >= 4 is 29.0 Å². The van der Waals surface area contributed by atoms with Crippen molar-refractivity contribution in [3.63, 3.8) is 0 Å². The first-order chi connectivity index (χ1) is 10.1. The summed E-state index contributed by atoms with van der Waals surface area (Å²) >= 11 is 1.62. The van der Waals surface area contributed by atoms with E-state index >= 15 is 0 Å². The van der Waals surface area contributed by atoms with Crippen molar-refractivity contribution in [1.29, 1.82) is 0 Å². The lowest BCUT2D eigenvalue weighted by Gasteiger charge is -2.23. The first-order valence-electron chi connectivity index (χ1n) is 7.08. The Morgan fingerprint density at radius 2 is 2.24 bits per heavy atom. The molecule has 0 amide bonds. The molecule has 2 aromatic heterocycles. The summed E-state index contributed by atoms with van der Waals surface area (Å²) in [7, 11) is 0. The number of nitrogens with one attached hydrogen (secondary N) is 2. The molecule has 7 heteroatoms. The average Bonchev–Trinajstić information content (AvgIpc) is 2.91. The maximum atomic E-state index is 10.3. The quantitative estimate of drug-likeness (QED) is 0.693. The zero-order chi connectivity index (χ0) is 15.3. The smallest absolute Gasteiger partial charge is 0.180 e. The molecule has 0 aliphatic carbocycles. The molecule has 0 aliphatic heterocycles. The lowest BCUT2D eigenvalue weighted by molar-refractivity contribution is 0.0996. The summed E-state index contributed by atoms with van der Waals surface area (Å²) in [6.45, 7) is 5.23. The van der Waals surface area contributed by atoms with E-state index in [9.17, 15) is 5.11 Å². The monoisotopic (exact) mass is 309 g/mol. The summed E-state index contributed by atoms with van der Waals surface area (Å²) in [5, 5.41) is 16.7. The maximum absolute atomic E-state index is 10.3. The van der Waals surface area contributed by atoms with E-state index in [1.807, 2.05) is 30.0 Å². The maximum Gasteiger partial charge on any atom is 0.180 e. The number of rotatable bonds is 8.